The van der Waals surface area contributed by atoms with E-state index in [2.05, 4.69) is 0 Å². The van der Waals surface area contributed by atoms with Crippen molar-refractivity contribution in [2.24, 2.45) is 0 Å². The van der Waals surface area contributed by atoms with Gasteiger partial charge in [-0.05, 0) is 0 Å². The average Bonchev–Trinajstić information content (AvgIpc) is 3.15. The van der Waals surface area contributed by atoms with E-state index in [1.54, 1.807) is 0 Å². The van der Waals surface area contributed by atoms with Crippen LogP contribution in [0.15, 0.2) is 0 Å². The van der Waals surface area contributed by atoms with E-state index in [-0.39, 0.29) is 13.2 Å². The van der Waals surface area contributed by atoms with Gasteiger partial charge in [-0.25, -0.2) is 0 Å². The Labute approximate surface area is 301 Å². The standard InChI is InChI=1S/C31H56O21/c1-39-10-14-23(24(41-3)26(43-5)30(45-7)48-14)52-31-27(44-6)25(42-4)22(15(49-31)11-40-2)51-29-20(38)18(36)21(13(9-33)47-29)50-28-19(37)17(35)16(34)12(8-32)46-28/h12-38H,8-11H2,1-7H3/t12-,13-,14-,15-,16+,17+,18-,19-,20-,21-,22-,23-,24+,25+,26-,27-,28+,29+,30?,31+/m1/s1. The lowest BCUT2D eigenvalue weighted by Gasteiger charge is -2.50. The zero-order chi connectivity index (χ0) is 38.3. The lowest BCUT2D eigenvalue weighted by molar-refractivity contribution is -0.391. The maximum atomic E-state index is 11.2. The molecule has 1 unspecified atom stereocenters. The number of rotatable bonds is 17. The smallest absolute Gasteiger partial charge is 0.187 e. The van der Waals surface area contributed by atoms with Gasteiger partial charge >= 0.3 is 0 Å². The fourth-order valence-electron chi connectivity index (χ4n) is 6.99. The minimum atomic E-state index is -1.83. The van der Waals surface area contributed by atoms with E-state index in [1.165, 1.54) is 49.8 Å². The summed E-state index contributed by atoms with van der Waals surface area (Å²) in [4.78, 5) is 0. The van der Waals surface area contributed by atoms with E-state index < -0.39 is 136 Å². The first-order valence-electron chi connectivity index (χ1n) is 16.8. The molecular weight excluding hydrogens is 708 g/mol. The molecule has 0 aromatic heterocycles. The second kappa shape index (κ2) is 20.4. The van der Waals surface area contributed by atoms with Crippen molar-refractivity contribution in [2.45, 2.75) is 123 Å². The normalized spacial score (nSPS) is 47.4. The zero-order valence-electron chi connectivity index (χ0n) is 30.2. The molecule has 7 N–H and O–H groups in total. The molecule has 0 bridgehead atoms. The Hall–Kier alpha value is -0.840. The largest absolute Gasteiger partial charge is 0.394 e. The van der Waals surface area contributed by atoms with Crippen LogP contribution in [-0.2, 0) is 66.3 Å². The third-order valence-corrected chi connectivity index (χ3v) is 9.71. The van der Waals surface area contributed by atoms with Crippen LogP contribution < -0.4 is 0 Å². The fourth-order valence-corrected chi connectivity index (χ4v) is 6.99. The molecule has 0 radical (unpaired) electrons. The molecule has 4 aliphatic heterocycles. The molecule has 4 heterocycles. The quantitative estimate of drug-likeness (QED) is 0.0730. The number of ether oxygens (including phenoxy) is 14. The van der Waals surface area contributed by atoms with Gasteiger partial charge in [0.2, 0.25) is 0 Å². The van der Waals surface area contributed by atoms with E-state index >= 15 is 0 Å². The summed E-state index contributed by atoms with van der Waals surface area (Å²) in [5.41, 5.74) is 0. The molecule has 0 aromatic rings. The molecule has 4 rings (SSSR count). The first-order valence-corrected chi connectivity index (χ1v) is 16.8. The number of hydrogen-bond donors (Lipinski definition) is 7. The van der Waals surface area contributed by atoms with Gasteiger partial charge in [0.25, 0.3) is 0 Å². The minimum Gasteiger partial charge on any atom is -0.394 e. The van der Waals surface area contributed by atoms with Crippen LogP contribution in [0.3, 0.4) is 0 Å². The summed E-state index contributed by atoms with van der Waals surface area (Å²) >= 11 is 0. The van der Waals surface area contributed by atoms with Gasteiger partial charge in [-0.3, -0.25) is 0 Å². The van der Waals surface area contributed by atoms with Crippen LogP contribution in [0.2, 0.25) is 0 Å². The highest BCUT2D eigenvalue weighted by Gasteiger charge is 2.56. The maximum absolute atomic E-state index is 11.2. The van der Waals surface area contributed by atoms with Gasteiger partial charge in [-0.1, -0.05) is 0 Å². The highest BCUT2D eigenvalue weighted by molar-refractivity contribution is 4.99. The second-order valence-electron chi connectivity index (χ2n) is 12.7. The summed E-state index contributed by atoms with van der Waals surface area (Å²) in [6.45, 7) is -1.48. The van der Waals surface area contributed by atoms with Crippen molar-refractivity contribution in [3.8, 4) is 0 Å². The summed E-state index contributed by atoms with van der Waals surface area (Å²) in [5, 5.41) is 72.9. The van der Waals surface area contributed by atoms with Crippen LogP contribution in [0.1, 0.15) is 0 Å². The molecule has 0 aliphatic carbocycles. The third kappa shape index (κ3) is 9.23. The first-order chi connectivity index (χ1) is 25.0. The molecule has 4 fully saturated rings. The van der Waals surface area contributed by atoms with E-state index in [0.717, 1.165) is 0 Å². The Morgan fingerprint density at radius 3 is 1.23 bits per heavy atom. The maximum Gasteiger partial charge on any atom is 0.187 e. The van der Waals surface area contributed by atoms with Gasteiger partial charge in [-0.2, -0.15) is 0 Å². The summed E-state index contributed by atoms with van der Waals surface area (Å²) in [7, 11) is 10.2. The van der Waals surface area contributed by atoms with Crippen LogP contribution in [0, 0.1) is 0 Å². The summed E-state index contributed by atoms with van der Waals surface area (Å²) in [6.07, 6.45) is -25.4. The number of hydrogen-bond acceptors (Lipinski definition) is 21. The highest BCUT2D eigenvalue weighted by atomic mass is 16.8. The second-order valence-corrected chi connectivity index (χ2v) is 12.7. The Balaban J connectivity index is 1.54. The fraction of sp³-hybridized carbons (Fsp3) is 1.00. The molecular formula is C31H56O21. The van der Waals surface area contributed by atoms with Crippen LogP contribution >= 0.6 is 0 Å². The first kappa shape index (κ1) is 43.9. The van der Waals surface area contributed by atoms with E-state index in [9.17, 15) is 35.7 Å². The molecule has 52 heavy (non-hydrogen) atoms. The molecule has 306 valence electrons. The lowest BCUT2D eigenvalue weighted by Crippen LogP contribution is -2.68. The Kier molecular flexibility index (Phi) is 17.2. The van der Waals surface area contributed by atoms with Gasteiger partial charge < -0.3 is 102 Å². The van der Waals surface area contributed by atoms with Gasteiger partial charge in [0, 0.05) is 49.8 Å². The van der Waals surface area contributed by atoms with Crippen molar-refractivity contribution in [3.63, 3.8) is 0 Å². The SMILES string of the molecule is COC[C@H]1O[C@@H](O[C@H]2[C@H](OC)[C@@H](OC)C(OC)O[C@@H]2COC)[C@H](OC)[C@@H](OC)[C@@H]1O[C@@H]1O[C@H](CO)[C@@H](O[C@@H]2O[C@H](CO)[C@H](O)[C@H](O)[C@H]2O)[C@H](O)[C@H]1O. The molecule has 20 atom stereocenters. The van der Waals surface area contributed by atoms with E-state index in [4.69, 9.17) is 66.3 Å². The van der Waals surface area contributed by atoms with Crippen molar-refractivity contribution in [1.82, 2.24) is 0 Å². The van der Waals surface area contributed by atoms with Crippen LogP contribution in [0.4, 0.5) is 0 Å². The lowest BCUT2D eigenvalue weighted by atomic mass is 9.95. The van der Waals surface area contributed by atoms with Crippen LogP contribution in [-0.4, -0.2) is 235 Å². The molecule has 21 heteroatoms. The number of methoxy groups -OCH3 is 7. The summed E-state index contributed by atoms with van der Waals surface area (Å²) in [6, 6.07) is 0. The minimum absolute atomic E-state index is 0.0821. The molecule has 21 nitrogen and oxygen atoms in total. The molecule has 4 saturated heterocycles. The van der Waals surface area contributed by atoms with Gasteiger partial charge in [0.1, 0.15) is 97.7 Å². The summed E-state index contributed by atoms with van der Waals surface area (Å²) < 4.78 is 81.5. The summed E-state index contributed by atoms with van der Waals surface area (Å²) in [5.74, 6) is 0. The van der Waals surface area contributed by atoms with E-state index in [1.807, 2.05) is 0 Å². The Morgan fingerprint density at radius 1 is 0.365 bits per heavy atom. The van der Waals surface area contributed by atoms with Crippen molar-refractivity contribution in [3.05, 3.63) is 0 Å². The molecule has 0 amide bonds. The van der Waals surface area contributed by atoms with Crippen molar-refractivity contribution in [2.75, 3.05) is 76.2 Å². The predicted octanol–water partition coefficient (Wildman–Crippen LogP) is -5.17. The molecule has 0 saturated carbocycles. The number of aliphatic hydroxyl groups excluding tert-OH is 7. The molecule has 0 aromatic carbocycles. The van der Waals surface area contributed by atoms with Crippen molar-refractivity contribution < 1.29 is 102 Å². The number of aliphatic hydroxyl groups is 7. The van der Waals surface area contributed by atoms with Crippen molar-refractivity contribution >= 4 is 0 Å². The van der Waals surface area contributed by atoms with Crippen LogP contribution in [0.25, 0.3) is 0 Å². The van der Waals surface area contributed by atoms with E-state index in [0.29, 0.717) is 0 Å². The van der Waals surface area contributed by atoms with Gasteiger partial charge in [0.15, 0.2) is 25.2 Å². The topological polar surface area (TPSA) is 271 Å². The monoisotopic (exact) mass is 764 g/mol. The predicted molar refractivity (Wildman–Crippen MR) is 167 cm³/mol. The average molecular weight is 765 g/mol. The van der Waals surface area contributed by atoms with Crippen LogP contribution in [0.5, 0.6) is 0 Å². The molecule has 4 aliphatic rings. The third-order valence-electron chi connectivity index (χ3n) is 9.71. The molecule has 0 spiro atoms. The van der Waals surface area contributed by atoms with Crippen molar-refractivity contribution in [1.29, 1.82) is 0 Å². The zero-order valence-corrected chi connectivity index (χ0v) is 30.2. The highest BCUT2D eigenvalue weighted by Crippen LogP contribution is 2.36. The van der Waals surface area contributed by atoms with Gasteiger partial charge in [0.05, 0.1) is 26.4 Å². The Morgan fingerprint density at radius 2 is 0.769 bits per heavy atom. The Bertz CT molecular complexity index is 1030. The van der Waals surface area contributed by atoms with Gasteiger partial charge in [-0.15, -0.1) is 0 Å².